The molecular formula is C20H21FN4OS. The highest BCUT2D eigenvalue weighted by atomic mass is 32.2. The van der Waals surface area contributed by atoms with Gasteiger partial charge in [-0.1, -0.05) is 12.1 Å². The van der Waals surface area contributed by atoms with E-state index in [2.05, 4.69) is 21.9 Å². The normalized spacial score (nSPS) is 26.9. The molecule has 1 aliphatic heterocycles. The van der Waals surface area contributed by atoms with Crippen molar-refractivity contribution in [3.63, 3.8) is 0 Å². The minimum atomic E-state index is -2.68. The van der Waals surface area contributed by atoms with Gasteiger partial charge < -0.3 is 5.73 Å². The molecule has 0 bridgehead atoms. The first-order valence-corrected chi connectivity index (χ1v) is 10.3. The van der Waals surface area contributed by atoms with Gasteiger partial charge in [0.1, 0.15) is 22.9 Å². The van der Waals surface area contributed by atoms with Crippen molar-refractivity contribution < 1.29 is 8.60 Å². The molecule has 140 valence electrons. The van der Waals surface area contributed by atoms with E-state index in [-0.39, 0.29) is 17.3 Å². The SMILES string of the molecule is C=S1(=O)C[C@@](C)(c2nc(-c3cccc(C#N)c3)ccc2F)N=C(N)C1(C)C. The molecule has 1 unspecified atom stereocenters. The van der Waals surface area contributed by atoms with E-state index in [0.717, 1.165) is 0 Å². The molecule has 27 heavy (non-hydrogen) atoms. The summed E-state index contributed by atoms with van der Waals surface area (Å²) in [7, 11) is -2.68. The largest absolute Gasteiger partial charge is 0.386 e. The van der Waals surface area contributed by atoms with Crippen molar-refractivity contribution in [3.05, 3.63) is 53.5 Å². The zero-order chi connectivity index (χ0) is 20.0. The molecule has 2 atom stereocenters. The molecule has 0 radical (unpaired) electrons. The Kier molecular flexibility index (Phi) is 4.35. The third-order valence-electron chi connectivity index (χ3n) is 5.07. The van der Waals surface area contributed by atoms with Crippen LogP contribution < -0.4 is 5.73 Å². The van der Waals surface area contributed by atoms with Crippen LogP contribution in [0.15, 0.2) is 41.4 Å². The third-order valence-corrected chi connectivity index (χ3v) is 8.17. The number of nitriles is 1. The van der Waals surface area contributed by atoms with Gasteiger partial charge >= 0.3 is 0 Å². The fourth-order valence-corrected chi connectivity index (χ4v) is 5.00. The lowest BCUT2D eigenvalue weighted by atomic mass is 9.97. The predicted octanol–water partition coefficient (Wildman–Crippen LogP) is 2.84. The second kappa shape index (κ2) is 6.17. The van der Waals surface area contributed by atoms with Gasteiger partial charge in [0.15, 0.2) is 0 Å². The van der Waals surface area contributed by atoms with E-state index in [1.807, 2.05) is 0 Å². The van der Waals surface area contributed by atoms with Gasteiger partial charge in [-0.25, -0.2) is 9.37 Å². The quantitative estimate of drug-likeness (QED) is 0.806. The summed E-state index contributed by atoms with van der Waals surface area (Å²) in [5.74, 6) is 3.53. The van der Waals surface area contributed by atoms with Gasteiger partial charge in [0.2, 0.25) is 0 Å². The molecule has 0 saturated carbocycles. The monoisotopic (exact) mass is 384 g/mol. The molecule has 0 saturated heterocycles. The number of aliphatic imine (C=N–C) groups is 1. The Morgan fingerprint density at radius 3 is 2.63 bits per heavy atom. The number of rotatable bonds is 2. The van der Waals surface area contributed by atoms with E-state index in [9.17, 15) is 8.60 Å². The first-order chi connectivity index (χ1) is 12.5. The predicted molar refractivity (Wildman–Crippen MR) is 108 cm³/mol. The number of hydrogen-bond acceptors (Lipinski definition) is 5. The Balaban J connectivity index is 2.18. The minimum Gasteiger partial charge on any atom is -0.386 e. The zero-order valence-electron chi connectivity index (χ0n) is 15.5. The molecule has 5 nitrogen and oxygen atoms in total. The van der Waals surface area contributed by atoms with Crippen LogP contribution >= 0.6 is 0 Å². The summed E-state index contributed by atoms with van der Waals surface area (Å²) in [5.41, 5.74) is 6.62. The zero-order valence-corrected chi connectivity index (χ0v) is 16.3. The van der Waals surface area contributed by atoms with Gasteiger partial charge in [-0.3, -0.25) is 9.20 Å². The summed E-state index contributed by atoms with van der Waals surface area (Å²) in [6, 6.07) is 11.8. The van der Waals surface area contributed by atoms with Gasteiger partial charge in [0.25, 0.3) is 0 Å². The molecule has 2 aromatic rings. The lowest BCUT2D eigenvalue weighted by molar-refractivity contribution is 0.476. The molecule has 2 N–H and O–H groups in total. The third kappa shape index (κ3) is 3.10. The molecule has 3 rings (SSSR count). The van der Waals surface area contributed by atoms with Crippen molar-refractivity contribution in [1.29, 1.82) is 5.26 Å². The van der Waals surface area contributed by atoms with Crippen molar-refractivity contribution in [2.75, 3.05) is 5.75 Å². The van der Waals surface area contributed by atoms with E-state index in [0.29, 0.717) is 16.8 Å². The second-order valence-corrected chi connectivity index (χ2v) is 10.4. The van der Waals surface area contributed by atoms with E-state index in [1.165, 1.54) is 6.07 Å². The highest BCUT2D eigenvalue weighted by Gasteiger charge is 2.46. The summed E-state index contributed by atoms with van der Waals surface area (Å²) in [4.78, 5) is 8.94. The highest BCUT2D eigenvalue weighted by molar-refractivity contribution is 8.02. The van der Waals surface area contributed by atoms with Crippen molar-refractivity contribution in [2.24, 2.45) is 10.7 Å². The number of benzene rings is 1. The van der Waals surface area contributed by atoms with Gasteiger partial charge in [0, 0.05) is 11.3 Å². The lowest BCUT2D eigenvalue weighted by Gasteiger charge is -2.40. The number of hydrogen-bond donors (Lipinski definition) is 1. The number of aromatic nitrogens is 1. The van der Waals surface area contributed by atoms with Gasteiger partial charge in [-0.05, 0) is 60.4 Å². The summed E-state index contributed by atoms with van der Waals surface area (Å²) >= 11 is 0. The van der Waals surface area contributed by atoms with Gasteiger partial charge in [-0.2, -0.15) is 5.26 Å². The molecule has 0 aliphatic carbocycles. The van der Waals surface area contributed by atoms with Crippen LogP contribution in [-0.4, -0.2) is 31.4 Å². The lowest BCUT2D eigenvalue weighted by Crippen LogP contribution is -2.55. The van der Waals surface area contributed by atoms with Crippen LogP contribution in [0.25, 0.3) is 11.3 Å². The number of amidine groups is 1. The smallest absolute Gasteiger partial charge is 0.147 e. The second-order valence-electron chi connectivity index (χ2n) is 7.46. The molecule has 0 fully saturated rings. The van der Waals surface area contributed by atoms with Crippen LogP contribution in [-0.2, 0) is 15.1 Å². The molecule has 1 aromatic carbocycles. The van der Waals surface area contributed by atoms with E-state index < -0.39 is 25.6 Å². The molecule has 0 spiro atoms. The minimum absolute atomic E-state index is 0.0410. The number of halogens is 1. The molecular weight excluding hydrogens is 363 g/mol. The van der Waals surface area contributed by atoms with Crippen molar-refractivity contribution in [1.82, 2.24) is 4.98 Å². The number of nitrogens with zero attached hydrogens (tertiary/aromatic N) is 3. The average molecular weight is 384 g/mol. The Hall–Kier alpha value is -2.72. The maximum absolute atomic E-state index is 14.7. The average Bonchev–Trinajstić information content (AvgIpc) is 2.60. The van der Waals surface area contributed by atoms with Crippen LogP contribution in [0.5, 0.6) is 0 Å². The Bertz CT molecular complexity index is 1100. The van der Waals surface area contributed by atoms with Crippen molar-refractivity contribution >= 4 is 21.2 Å². The fourth-order valence-electron chi connectivity index (χ4n) is 3.11. The highest BCUT2D eigenvalue weighted by Crippen LogP contribution is 2.37. The van der Waals surface area contributed by atoms with E-state index in [4.69, 9.17) is 11.0 Å². The number of nitrogens with two attached hydrogens (primary N) is 1. The topological polar surface area (TPSA) is 92.1 Å². The van der Waals surface area contributed by atoms with E-state index in [1.54, 1.807) is 51.1 Å². The summed E-state index contributed by atoms with van der Waals surface area (Å²) in [6.07, 6.45) is 0. The van der Waals surface area contributed by atoms with Crippen LogP contribution in [0.2, 0.25) is 0 Å². The molecule has 1 aliphatic rings. The van der Waals surface area contributed by atoms with Crippen LogP contribution in [0.4, 0.5) is 4.39 Å². The Morgan fingerprint density at radius 1 is 1.30 bits per heavy atom. The van der Waals surface area contributed by atoms with Gasteiger partial charge in [-0.15, -0.1) is 0 Å². The van der Waals surface area contributed by atoms with Crippen molar-refractivity contribution in [2.45, 2.75) is 31.1 Å². The Labute approximate surface area is 158 Å². The Morgan fingerprint density at radius 2 is 2.00 bits per heavy atom. The van der Waals surface area contributed by atoms with Crippen molar-refractivity contribution in [3.8, 4) is 17.3 Å². The fraction of sp³-hybridized carbons (Fsp3) is 0.300. The summed E-state index contributed by atoms with van der Waals surface area (Å²) in [5, 5.41) is 9.09. The maximum Gasteiger partial charge on any atom is 0.147 e. The molecule has 2 heterocycles. The maximum atomic E-state index is 14.7. The summed E-state index contributed by atoms with van der Waals surface area (Å²) < 4.78 is 27.0. The molecule has 0 amide bonds. The molecule has 1 aromatic heterocycles. The van der Waals surface area contributed by atoms with E-state index >= 15 is 0 Å². The van der Waals surface area contributed by atoms with Gasteiger partial charge in [0.05, 0.1) is 22.1 Å². The van der Waals surface area contributed by atoms with Crippen LogP contribution in [0.1, 0.15) is 32.0 Å². The van der Waals surface area contributed by atoms with Crippen LogP contribution in [0.3, 0.4) is 0 Å². The molecule has 7 heteroatoms. The van der Waals surface area contributed by atoms with Crippen LogP contribution in [0, 0.1) is 17.1 Å². The first-order valence-electron chi connectivity index (χ1n) is 8.38. The first kappa shape index (κ1) is 19.1. The summed E-state index contributed by atoms with van der Waals surface area (Å²) in [6.45, 7) is 5.13. The number of pyridine rings is 1. The standard InChI is InChI=1S/C20H21FN4OS/c1-19(2)18(23)25-20(3,12-27(19,4)26)17-15(21)8-9-16(24-17)14-7-5-6-13(10-14)11-22/h5-10H,4,12H2,1-3H3,(H2,23,25)/t20-,27?/m0/s1.